The molecule has 0 bridgehead atoms. The molecular formula is C15H25ClN4O2. The van der Waals surface area contributed by atoms with Crippen LogP contribution in [0.25, 0.3) is 0 Å². The molecule has 1 aromatic rings. The lowest BCUT2D eigenvalue weighted by molar-refractivity contribution is 0.0528. The van der Waals surface area contributed by atoms with Crippen LogP contribution in [0.15, 0.2) is 0 Å². The standard InChI is InChI=1S/C15H25ClN4O2/c1-6-11-19-12(16)10(2)13(20-11)17-8-7-9-18-14(21)22-15(3,4)5/h6-9H2,1-5H3,(H,18,21)(H,17,19,20). The number of hydrogen-bond donors (Lipinski definition) is 2. The van der Waals surface area contributed by atoms with E-state index in [-0.39, 0.29) is 0 Å². The third-order valence-electron chi connectivity index (χ3n) is 2.76. The quantitative estimate of drug-likeness (QED) is 0.618. The molecule has 2 N–H and O–H groups in total. The van der Waals surface area contributed by atoms with Crippen molar-refractivity contribution in [3.8, 4) is 0 Å². The number of rotatable bonds is 6. The van der Waals surface area contributed by atoms with Crippen molar-refractivity contribution < 1.29 is 9.53 Å². The molecule has 0 fully saturated rings. The molecule has 0 aliphatic carbocycles. The molecule has 1 aromatic heterocycles. The number of nitrogens with one attached hydrogen (secondary N) is 2. The highest BCUT2D eigenvalue weighted by Crippen LogP contribution is 2.19. The predicted octanol–water partition coefficient (Wildman–Crippen LogP) is 3.33. The van der Waals surface area contributed by atoms with Gasteiger partial charge >= 0.3 is 6.09 Å². The van der Waals surface area contributed by atoms with Crippen molar-refractivity contribution >= 4 is 23.5 Å². The molecule has 0 aliphatic rings. The predicted molar refractivity (Wildman–Crippen MR) is 88.5 cm³/mol. The third-order valence-corrected chi connectivity index (χ3v) is 3.13. The van der Waals surface area contributed by atoms with Gasteiger partial charge in [0.1, 0.15) is 22.4 Å². The van der Waals surface area contributed by atoms with Gasteiger partial charge in [-0.1, -0.05) is 18.5 Å². The zero-order valence-electron chi connectivity index (χ0n) is 13.9. The van der Waals surface area contributed by atoms with E-state index in [1.165, 1.54) is 0 Å². The fourth-order valence-corrected chi connectivity index (χ4v) is 1.85. The Bertz CT molecular complexity index is 515. The normalized spacial score (nSPS) is 11.2. The summed E-state index contributed by atoms with van der Waals surface area (Å²) < 4.78 is 5.16. The monoisotopic (exact) mass is 328 g/mol. The van der Waals surface area contributed by atoms with Crippen LogP contribution in [-0.2, 0) is 11.2 Å². The zero-order valence-corrected chi connectivity index (χ0v) is 14.7. The van der Waals surface area contributed by atoms with Crippen LogP contribution in [0.2, 0.25) is 5.15 Å². The first kappa shape index (κ1) is 18.5. The Balaban J connectivity index is 2.36. The van der Waals surface area contributed by atoms with Crippen LogP contribution in [0.4, 0.5) is 10.6 Å². The van der Waals surface area contributed by atoms with Gasteiger partial charge in [-0.25, -0.2) is 14.8 Å². The van der Waals surface area contributed by atoms with Crippen molar-refractivity contribution in [1.82, 2.24) is 15.3 Å². The van der Waals surface area contributed by atoms with E-state index in [9.17, 15) is 4.79 Å². The van der Waals surface area contributed by atoms with Crippen molar-refractivity contribution in [2.75, 3.05) is 18.4 Å². The summed E-state index contributed by atoms with van der Waals surface area (Å²) in [5.74, 6) is 1.46. The first-order chi connectivity index (χ1) is 10.2. The van der Waals surface area contributed by atoms with Gasteiger partial charge in [0.05, 0.1) is 0 Å². The molecule has 124 valence electrons. The van der Waals surface area contributed by atoms with Crippen LogP contribution in [0.5, 0.6) is 0 Å². The Labute approximate surface area is 137 Å². The minimum atomic E-state index is -0.478. The minimum absolute atomic E-state index is 0.401. The number of hydrogen-bond acceptors (Lipinski definition) is 5. The molecular weight excluding hydrogens is 304 g/mol. The first-order valence-corrected chi connectivity index (χ1v) is 7.84. The molecule has 0 atom stereocenters. The molecule has 22 heavy (non-hydrogen) atoms. The number of amides is 1. The zero-order chi connectivity index (χ0) is 16.8. The van der Waals surface area contributed by atoms with Crippen molar-refractivity contribution in [1.29, 1.82) is 0 Å². The number of carbonyl (C=O) groups is 1. The Morgan fingerprint density at radius 2 is 1.95 bits per heavy atom. The number of alkyl carbamates (subject to hydrolysis) is 1. The highest BCUT2D eigenvalue weighted by molar-refractivity contribution is 6.30. The summed E-state index contributed by atoms with van der Waals surface area (Å²) in [6.07, 6.45) is 1.08. The molecule has 0 unspecified atom stereocenters. The number of halogens is 1. The number of carbonyl (C=O) groups excluding carboxylic acids is 1. The van der Waals surface area contributed by atoms with Crippen LogP contribution >= 0.6 is 11.6 Å². The lowest BCUT2D eigenvalue weighted by Crippen LogP contribution is -2.33. The highest BCUT2D eigenvalue weighted by Gasteiger charge is 2.15. The lowest BCUT2D eigenvalue weighted by atomic mass is 10.2. The maximum Gasteiger partial charge on any atom is 0.407 e. The summed E-state index contributed by atoms with van der Waals surface area (Å²) in [6, 6.07) is 0. The highest BCUT2D eigenvalue weighted by atomic mass is 35.5. The number of ether oxygens (including phenoxy) is 1. The molecule has 1 heterocycles. The average molecular weight is 329 g/mol. The van der Waals surface area contributed by atoms with Crippen LogP contribution in [0.3, 0.4) is 0 Å². The van der Waals surface area contributed by atoms with Gasteiger partial charge in [0.2, 0.25) is 0 Å². The first-order valence-electron chi connectivity index (χ1n) is 7.46. The largest absolute Gasteiger partial charge is 0.444 e. The number of aromatic nitrogens is 2. The summed E-state index contributed by atoms with van der Waals surface area (Å²) in [7, 11) is 0. The van der Waals surface area contributed by atoms with E-state index in [4.69, 9.17) is 16.3 Å². The Kier molecular flexibility index (Phi) is 6.87. The number of nitrogens with zero attached hydrogens (tertiary/aromatic N) is 2. The van der Waals surface area contributed by atoms with Gasteiger partial charge in [0, 0.05) is 25.1 Å². The van der Waals surface area contributed by atoms with E-state index < -0.39 is 11.7 Å². The second-order valence-corrected chi connectivity index (χ2v) is 6.32. The molecule has 0 saturated heterocycles. The maximum absolute atomic E-state index is 11.5. The lowest BCUT2D eigenvalue weighted by Gasteiger charge is -2.19. The summed E-state index contributed by atoms with van der Waals surface area (Å²) in [6.45, 7) is 10.6. The second-order valence-electron chi connectivity index (χ2n) is 5.97. The van der Waals surface area contributed by atoms with Crippen molar-refractivity contribution in [2.45, 2.75) is 53.1 Å². The van der Waals surface area contributed by atoms with Gasteiger partial charge in [0.25, 0.3) is 0 Å². The summed E-state index contributed by atoms with van der Waals surface area (Å²) in [5, 5.41) is 6.41. The third kappa shape index (κ3) is 6.47. The van der Waals surface area contributed by atoms with Crippen LogP contribution in [0, 0.1) is 6.92 Å². The van der Waals surface area contributed by atoms with Gasteiger partial charge < -0.3 is 15.4 Å². The van der Waals surface area contributed by atoms with Crippen LogP contribution in [0.1, 0.15) is 45.5 Å². The fourth-order valence-electron chi connectivity index (χ4n) is 1.66. The molecule has 0 radical (unpaired) electrons. The molecule has 0 aromatic carbocycles. The molecule has 0 saturated carbocycles. The van der Waals surface area contributed by atoms with E-state index in [2.05, 4.69) is 20.6 Å². The van der Waals surface area contributed by atoms with Gasteiger partial charge in [-0.05, 0) is 34.1 Å². The Morgan fingerprint density at radius 3 is 2.55 bits per heavy atom. The summed E-state index contributed by atoms with van der Waals surface area (Å²) in [5.41, 5.74) is 0.354. The smallest absolute Gasteiger partial charge is 0.407 e. The van der Waals surface area contributed by atoms with Gasteiger partial charge in [-0.3, -0.25) is 0 Å². The molecule has 1 amide bonds. The fraction of sp³-hybridized carbons (Fsp3) is 0.667. The van der Waals surface area contributed by atoms with E-state index in [0.29, 0.717) is 24.1 Å². The maximum atomic E-state index is 11.5. The minimum Gasteiger partial charge on any atom is -0.444 e. The van der Waals surface area contributed by atoms with Gasteiger partial charge in [0.15, 0.2) is 0 Å². The van der Waals surface area contributed by atoms with Crippen molar-refractivity contribution in [2.24, 2.45) is 0 Å². The van der Waals surface area contributed by atoms with Crippen molar-refractivity contribution in [3.63, 3.8) is 0 Å². The molecule has 0 aliphatic heterocycles. The van der Waals surface area contributed by atoms with Crippen LogP contribution in [-0.4, -0.2) is 34.8 Å². The van der Waals surface area contributed by atoms with E-state index in [1.807, 2.05) is 34.6 Å². The summed E-state index contributed by atoms with van der Waals surface area (Å²) in [4.78, 5) is 20.1. The Hall–Kier alpha value is -1.56. The molecule has 6 nitrogen and oxygen atoms in total. The summed E-state index contributed by atoms with van der Waals surface area (Å²) >= 11 is 6.08. The van der Waals surface area contributed by atoms with E-state index in [1.54, 1.807) is 0 Å². The van der Waals surface area contributed by atoms with Crippen molar-refractivity contribution in [3.05, 3.63) is 16.5 Å². The SMILES string of the molecule is CCc1nc(Cl)c(C)c(NCCCNC(=O)OC(C)(C)C)n1. The van der Waals surface area contributed by atoms with E-state index >= 15 is 0 Å². The number of anilines is 1. The Morgan fingerprint density at radius 1 is 1.27 bits per heavy atom. The van der Waals surface area contributed by atoms with Crippen LogP contribution < -0.4 is 10.6 Å². The van der Waals surface area contributed by atoms with Gasteiger partial charge in [-0.15, -0.1) is 0 Å². The van der Waals surface area contributed by atoms with Gasteiger partial charge in [-0.2, -0.15) is 0 Å². The average Bonchev–Trinajstić information content (AvgIpc) is 2.40. The van der Waals surface area contributed by atoms with E-state index in [0.717, 1.165) is 24.2 Å². The molecule has 1 rings (SSSR count). The topological polar surface area (TPSA) is 76.1 Å². The number of aryl methyl sites for hydroxylation is 1. The molecule has 0 spiro atoms. The second kappa shape index (κ2) is 8.17. The molecule has 7 heteroatoms.